The van der Waals surface area contributed by atoms with Crippen molar-refractivity contribution in [1.82, 2.24) is 5.32 Å². The van der Waals surface area contributed by atoms with E-state index in [0.29, 0.717) is 6.04 Å². The molecule has 1 nitrogen and oxygen atoms in total. The molecule has 0 heterocycles. The maximum atomic E-state index is 5.39. The molecule has 0 aliphatic carbocycles. The molecular formula is C15H21N. The summed E-state index contributed by atoms with van der Waals surface area (Å²) in [5.41, 5.74) is 2.68. The van der Waals surface area contributed by atoms with Crippen LogP contribution in [-0.2, 0) is 6.42 Å². The predicted molar refractivity (Wildman–Crippen MR) is 70.4 cm³/mol. The zero-order valence-electron chi connectivity index (χ0n) is 10.3. The smallest absolute Gasteiger partial charge is 0.0243 e. The summed E-state index contributed by atoms with van der Waals surface area (Å²) in [4.78, 5) is 0. The fraction of sp³-hybridized carbons (Fsp3) is 0.467. The molecule has 0 aromatic heterocycles. The third-order valence-corrected chi connectivity index (χ3v) is 2.61. The van der Waals surface area contributed by atoms with E-state index in [9.17, 15) is 0 Å². The van der Waals surface area contributed by atoms with E-state index >= 15 is 0 Å². The maximum Gasteiger partial charge on any atom is 0.0243 e. The molecule has 0 spiro atoms. The van der Waals surface area contributed by atoms with Crippen LogP contribution < -0.4 is 5.32 Å². The van der Waals surface area contributed by atoms with Gasteiger partial charge < -0.3 is 5.32 Å². The number of rotatable bonds is 6. The van der Waals surface area contributed by atoms with Gasteiger partial charge >= 0.3 is 0 Å². The van der Waals surface area contributed by atoms with Crippen LogP contribution in [0.15, 0.2) is 24.3 Å². The summed E-state index contributed by atoms with van der Waals surface area (Å²) in [5.74, 6) is 2.75. The van der Waals surface area contributed by atoms with Crippen molar-refractivity contribution in [2.24, 2.45) is 0 Å². The standard InChI is InChI=1S/C15H21N/c1-4-7-15(16-10-5-2)12-14-9-6-8-13(3)11-14/h1,6,8-9,11,15-16H,5,7,10,12H2,2-3H3. The fourth-order valence-corrected chi connectivity index (χ4v) is 1.83. The molecule has 0 aliphatic heterocycles. The normalized spacial score (nSPS) is 12.1. The van der Waals surface area contributed by atoms with Gasteiger partial charge in [-0.3, -0.25) is 0 Å². The summed E-state index contributed by atoms with van der Waals surface area (Å²) in [5, 5.41) is 3.50. The van der Waals surface area contributed by atoms with Gasteiger partial charge in [0.2, 0.25) is 0 Å². The molecule has 0 bridgehead atoms. The van der Waals surface area contributed by atoms with Crippen LogP contribution >= 0.6 is 0 Å². The zero-order chi connectivity index (χ0) is 11.8. The van der Waals surface area contributed by atoms with Gasteiger partial charge in [0.15, 0.2) is 0 Å². The second-order valence-electron chi connectivity index (χ2n) is 4.25. The molecule has 1 aromatic rings. The molecule has 1 heteroatoms. The van der Waals surface area contributed by atoms with Gasteiger partial charge in [-0.05, 0) is 31.9 Å². The third-order valence-electron chi connectivity index (χ3n) is 2.61. The van der Waals surface area contributed by atoms with Crippen LogP contribution in [-0.4, -0.2) is 12.6 Å². The Labute approximate surface area is 99.3 Å². The van der Waals surface area contributed by atoms with Crippen LogP contribution in [0.3, 0.4) is 0 Å². The van der Waals surface area contributed by atoms with E-state index in [1.807, 2.05) is 0 Å². The minimum Gasteiger partial charge on any atom is -0.313 e. The van der Waals surface area contributed by atoms with Gasteiger partial charge in [-0.15, -0.1) is 12.3 Å². The molecule has 0 radical (unpaired) electrons. The first-order valence-electron chi connectivity index (χ1n) is 5.98. The highest BCUT2D eigenvalue weighted by Crippen LogP contribution is 2.08. The van der Waals surface area contributed by atoms with Gasteiger partial charge in [0, 0.05) is 12.5 Å². The van der Waals surface area contributed by atoms with Gasteiger partial charge in [-0.1, -0.05) is 36.8 Å². The van der Waals surface area contributed by atoms with Crippen LogP contribution in [0.2, 0.25) is 0 Å². The topological polar surface area (TPSA) is 12.0 Å². The highest BCUT2D eigenvalue weighted by Gasteiger charge is 2.07. The minimum absolute atomic E-state index is 0.409. The fourth-order valence-electron chi connectivity index (χ4n) is 1.83. The van der Waals surface area contributed by atoms with Crippen molar-refractivity contribution in [2.45, 2.75) is 39.2 Å². The molecule has 0 fully saturated rings. The molecule has 0 aliphatic rings. The van der Waals surface area contributed by atoms with E-state index in [1.165, 1.54) is 11.1 Å². The molecule has 1 N–H and O–H groups in total. The summed E-state index contributed by atoms with van der Waals surface area (Å²) in [6.45, 7) is 5.34. The van der Waals surface area contributed by atoms with E-state index in [0.717, 1.165) is 25.8 Å². The second-order valence-corrected chi connectivity index (χ2v) is 4.25. The number of terminal acetylenes is 1. The van der Waals surface area contributed by atoms with E-state index in [1.54, 1.807) is 0 Å². The van der Waals surface area contributed by atoms with Crippen molar-refractivity contribution < 1.29 is 0 Å². The Hall–Kier alpha value is -1.26. The first kappa shape index (κ1) is 12.8. The monoisotopic (exact) mass is 215 g/mol. The molecule has 1 rings (SSSR count). The first-order valence-corrected chi connectivity index (χ1v) is 5.98. The highest BCUT2D eigenvalue weighted by molar-refractivity contribution is 5.23. The lowest BCUT2D eigenvalue weighted by molar-refractivity contribution is 0.517. The average Bonchev–Trinajstić information content (AvgIpc) is 2.26. The van der Waals surface area contributed by atoms with Gasteiger partial charge in [-0.2, -0.15) is 0 Å². The minimum atomic E-state index is 0.409. The lowest BCUT2D eigenvalue weighted by Gasteiger charge is -2.16. The summed E-state index contributed by atoms with van der Waals surface area (Å²) >= 11 is 0. The van der Waals surface area contributed by atoms with Gasteiger partial charge in [-0.25, -0.2) is 0 Å². The van der Waals surface area contributed by atoms with E-state index < -0.39 is 0 Å². The van der Waals surface area contributed by atoms with Crippen molar-refractivity contribution in [3.63, 3.8) is 0 Å². The Morgan fingerprint density at radius 2 is 2.25 bits per heavy atom. The molecule has 1 atom stereocenters. The van der Waals surface area contributed by atoms with Crippen molar-refractivity contribution in [1.29, 1.82) is 0 Å². The van der Waals surface area contributed by atoms with Crippen LogP contribution in [0.4, 0.5) is 0 Å². The maximum absolute atomic E-state index is 5.39. The Kier molecular flexibility index (Phi) is 5.67. The third kappa shape index (κ3) is 4.51. The Morgan fingerprint density at radius 3 is 2.88 bits per heavy atom. The molecular weight excluding hydrogens is 194 g/mol. The van der Waals surface area contributed by atoms with Crippen LogP contribution in [0, 0.1) is 19.3 Å². The predicted octanol–water partition coefficient (Wildman–Crippen LogP) is 2.93. The number of hydrogen-bond donors (Lipinski definition) is 1. The number of benzene rings is 1. The van der Waals surface area contributed by atoms with Gasteiger partial charge in [0.1, 0.15) is 0 Å². The molecule has 0 saturated heterocycles. The Morgan fingerprint density at radius 1 is 1.44 bits per heavy atom. The zero-order valence-corrected chi connectivity index (χ0v) is 10.3. The van der Waals surface area contributed by atoms with E-state index in [4.69, 9.17) is 6.42 Å². The number of nitrogens with one attached hydrogen (secondary N) is 1. The Balaban J connectivity index is 2.57. The molecule has 16 heavy (non-hydrogen) atoms. The van der Waals surface area contributed by atoms with Crippen molar-refractivity contribution in [3.8, 4) is 12.3 Å². The second kappa shape index (κ2) is 7.09. The highest BCUT2D eigenvalue weighted by atomic mass is 14.9. The summed E-state index contributed by atoms with van der Waals surface area (Å²) in [7, 11) is 0. The molecule has 1 aromatic carbocycles. The van der Waals surface area contributed by atoms with E-state index in [2.05, 4.69) is 49.4 Å². The summed E-state index contributed by atoms with van der Waals surface area (Å²) in [6, 6.07) is 9.05. The van der Waals surface area contributed by atoms with Gasteiger partial charge in [0.05, 0.1) is 0 Å². The lowest BCUT2D eigenvalue weighted by atomic mass is 10.0. The molecule has 1 unspecified atom stereocenters. The largest absolute Gasteiger partial charge is 0.313 e. The number of aryl methyl sites for hydroxylation is 1. The average molecular weight is 215 g/mol. The first-order chi connectivity index (χ1) is 7.76. The lowest BCUT2D eigenvalue weighted by Crippen LogP contribution is -2.31. The Bertz CT molecular complexity index is 349. The van der Waals surface area contributed by atoms with Crippen molar-refractivity contribution in [2.75, 3.05) is 6.54 Å². The van der Waals surface area contributed by atoms with Crippen molar-refractivity contribution in [3.05, 3.63) is 35.4 Å². The number of hydrogen-bond acceptors (Lipinski definition) is 1. The van der Waals surface area contributed by atoms with Crippen LogP contribution in [0.1, 0.15) is 30.9 Å². The van der Waals surface area contributed by atoms with E-state index in [-0.39, 0.29) is 0 Å². The van der Waals surface area contributed by atoms with Crippen molar-refractivity contribution >= 4 is 0 Å². The molecule has 86 valence electrons. The van der Waals surface area contributed by atoms with Crippen LogP contribution in [0.5, 0.6) is 0 Å². The molecule has 0 amide bonds. The molecule has 0 saturated carbocycles. The summed E-state index contributed by atoms with van der Waals surface area (Å²) in [6.07, 6.45) is 8.36. The van der Waals surface area contributed by atoms with Crippen LogP contribution in [0.25, 0.3) is 0 Å². The SMILES string of the molecule is C#CCC(Cc1cccc(C)c1)NCCC. The van der Waals surface area contributed by atoms with Gasteiger partial charge in [0.25, 0.3) is 0 Å². The quantitative estimate of drug-likeness (QED) is 0.719. The summed E-state index contributed by atoms with van der Waals surface area (Å²) < 4.78 is 0.